The molecule has 1 aliphatic heterocycles. The van der Waals surface area contributed by atoms with Gasteiger partial charge >= 0.3 is 5.97 Å². The van der Waals surface area contributed by atoms with Crippen molar-refractivity contribution >= 4 is 11.9 Å². The highest BCUT2D eigenvalue weighted by Gasteiger charge is 2.33. The van der Waals surface area contributed by atoms with Crippen LogP contribution in [0.3, 0.4) is 0 Å². The monoisotopic (exact) mass is 298 g/mol. The first kappa shape index (κ1) is 16.2. The highest BCUT2D eigenvalue weighted by Crippen LogP contribution is 2.29. The Bertz CT molecular complexity index is 385. The van der Waals surface area contributed by atoms with E-state index in [0.717, 1.165) is 25.7 Å². The Balaban J connectivity index is 1.75. The molecule has 0 aromatic heterocycles. The molecule has 1 aliphatic carbocycles. The van der Waals surface area contributed by atoms with Gasteiger partial charge in [-0.2, -0.15) is 0 Å². The van der Waals surface area contributed by atoms with Crippen LogP contribution in [0.4, 0.5) is 0 Å². The third kappa shape index (κ3) is 4.41. The molecule has 0 atom stereocenters. The Kier molecular flexibility index (Phi) is 5.22. The predicted octanol–water partition coefficient (Wildman–Crippen LogP) is 0.547. The number of piperidine rings is 1. The Morgan fingerprint density at radius 1 is 1.24 bits per heavy atom. The average Bonchev–Trinajstić information content (AvgIpc) is 2.84. The number of likely N-dealkylation sites (N-methyl/N-ethyl adjacent to an activating group) is 1. The van der Waals surface area contributed by atoms with Crippen LogP contribution in [-0.2, 0) is 9.59 Å². The molecule has 2 aliphatic rings. The van der Waals surface area contributed by atoms with E-state index >= 15 is 0 Å². The van der Waals surface area contributed by atoms with Crippen molar-refractivity contribution < 1.29 is 19.8 Å². The number of hydrogen-bond donors (Lipinski definition) is 2. The number of aliphatic hydroxyl groups is 1. The van der Waals surface area contributed by atoms with Crippen molar-refractivity contribution in [2.75, 3.05) is 33.2 Å². The first-order valence-corrected chi connectivity index (χ1v) is 7.81. The van der Waals surface area contributed by atoms with Crippen molar-refractivity contribution in [2.45, 2.75) is 44.1 Å². The van der Waals surface area contributed by atoms with Gasteiger partial charge in [0.1, 0.15) is 0 Å². The molecule has 0 spiro atoms. The summed E-state index contributed by atoms with van der Waals surface area (Å²) < 4.78 is 0. The molecule has 0 aromatic rings. The average molecular weight is 298 g/mol. The van der Waals surface area contributed by atoms with Gasteiger partial charge in [0.2, 0.25) is 5.91 Å². The van der Waals surface area contributed by atoms with Crippen molar-refractivity contribution in [2.24, 2.45) is 5.92 Å². The van der Waals surface area contributed by atoms with Crippen molar-refractivity contribution in [3.05, 3.63) is 0 Å². The van der Waals surface area contributed by atoms with Crippen LogP contribution in [0.15, 0.2) is 0 Å². The molecule has 2 N–H and O–H groups in total. The first-order chi connectivity index (χ1) is 9.89. The van der Waals surface area contributed by atoms with Gasteiger partial charge in [0.05, 0.1) is 18.1 Å². The molecule has 6 heteroatoms. The molecule has 1 heterocycles. The Morgan fingerprint density at radius 2 is 1.81 bits per heavy atom. The fourth-order valence-corrected chi connectivity index (χ4v) is 3.46. The molecule has 0 radical (unpaired) electrons. The van der Waals surface area contributed by atoms with Gasteiger partial charge in [0.15, 0.2) is 0 Å². The minimum Gasteiger partial charge on any atom is -0.481 e. The lowest BCUT2D eigenvalue weighted by atomic mass is 9.97. The number of amides is 1. The van der Waals surface area contributed by atoms with Crippen molar-refractivity contribution in [3.63, 3.8) is 0 Å². The lowest BCUT2D eigenvalue weighted by Crippen LogP contribution is -2.47. The molecule has 0 unspecified atom stereocenters. The van der Waals surface area contributed by atoms with Crippen LogP contribution in [0.25, 0.3) is 0 Å². The zero-order valence-electron chi connectivity index (χ0n) is 12.8. The van der Waals surface area contributed by atoms with Gasteiger partial charge in [0, 0.05) is 19.6 Å². The van der Waals surface area contributed by atoms with Gasteiger partial charge in [-0.25, -0.2) is 0 Å². The molecule has 2 fully saturated rings. The Hall–Kier alpha value is -1.14. The maximum absolute atomic E-state index is 12.2. The van der Waals surface area contributed by atoms with E-state index in [1.165, 1.54) is 0 Å². The zero-order valence-corrected chi connectivity index (χ0v) is 12.8. The lowest BCUT2D eigenvalue weighted by Gasteiger charge is -2.33. The SMILES string of the molecule is CN(CC(=O)N1CCC(C(=O)O)CC1)CC1(O)CCCC1. The quantitative estimate of drug-likeness (QED) is 0.774. The van der Waals surface area contributed by atoms with Crippen molar-refractivity contribution in [1.82, 2.24) is 9.80 Å². The molecule has 1 saturated carbocycles. The molecule has 2 rings (SSSR count). The summed E-state index contributed by atoms with van der Waals surface area (Å²) in [5.74, 6) is -1.04. The van der Waals surface area contributed by atoms with Crippen LogP contribution in [0.5, 0.6) is 0 Å². The second-order valence-corrected chi connectivity index (χ2v) is 6.60. The minimum atomic E-state index is -0.761. The van der Waals surface area contributed by atoms with Gasteiger partial charge in [-0.1, -0.05) is 12.8 Å². The summed E-state index contributed by atoms with van der Waals surface area (Å²) in [6.07, 6.45) is 4.82. The molecular formula is C15H26N2O4. The summed E-state index contributed by atoms with van der Waals surface area (Å²) >= 11 is 0. The number of carboxylic acid groups (broad SMARTS) is 1. The summed E-state index contributed by atoms with van der Waals surface area (Å²) in [5, 5.41) is 19.3. The summed E-state index contributed by atoms with van der Waals surface area (Å²) in [6, 6.07) is 0. The number of nitrogens with zero attached hydrogens (tertiary/aromatic N) is 2. The number of carbonyl (C=O) groups is 2. The number of carbonyl (C=O) groups excluding carboxylic acids is 1. The topological polar surface area (TPSA) is 81.1 Å². The fraction of sp³-hybridized carbons (Fsp3) is 0.867. The summed E-state index contributed by atoms with van der Waals surface area (Å²) in [4.78, 5) is 26.7. The van der Waals surface area contributed by atoms with Gasteiger partial charge in [-0.15, -0.1) is 0 Å². The summed E-state index contributed by atoms with van der Waals surface area (Å²) in [5.41, 5.74) is -0.634. The third-order valence-electron chi connectivity index (χ3n) is 4.70. The molecule has 1 amide bonds. The van der Waals surface area contributed by atoms with Crippen LogP contribution in [0.2, 0.25) is 0 Å². The van der Waals surface area contributed by atoms with E-state index in [-0.39, 0.29) is 11.8 Å². The first-order valence-electron chi connectivity index (χ1n) is 7.81. The molecule has 21 heavy (non-hydrogen) atoms. The normalized spacial score (nSPS) is 22.7. The summed E-state index contributed by atoms with van der Waals surface area (Å²) in [6.45, 7) is 1.87. The van der Waals surface area contributed by atoms with Crippen LogP contribution < -0.4 is 0 Å². The molecular weight excluding hydrogens is 272 g/mol. The summed E-state index contributed by atoms with van der Waals surface area (Å²) in [7, 11) is 1.86. The van der Waals surface area contributed by atoms with Crippen LogP contribution >= 0.6 is 0 Å². The molecule has 0 bridgehead atoms. The minimum absolute atomic E-state index is 0.0305. The standard InChI is InChI=1S/C15H26N2O4/c1-16(11-15(21)6-2-3-7-15)10-13(18)17-8-4-12(5-9-17)14(19)20/h12,21H,2-11H2,1H3,(H,19,20). The Morgan fingerprint density at radius 3 is 2.33 bits per heavy atom. The van der Waals surface area contributed by atoms with E-state index in [0.29, 0.717) is 39.0 Å². The Labute approximate surface area is 125 Å². The fourth-order valence-electron chi connectivity index (χ4n) is 3.46. The van der Waals surface area contributed by atoms with Crippen molar-refractivity contribution in [3.8, 4) is 0 Å². The smallest absolute Gasteiger partial charge is 0.306 e. The highest BCUT2D eigenvalue weighted by atomic mass is 16.4. The predicted molar refractivity (Wildman–Crippen MR) is 77.9 cm³/mol. The maximum Gasteiger partial charge on any atom is 0.306 e. The van der Waals surface area contributed by atoms with Gasteiger partial charge in [-0.3, -0.25) is 14.5 Å². The van der Waals surface area contributed by atoms with Gasteiger partial charge in [0.25, 0.3) is 0 Å². The largest absolute Gasteiger partial charge is 0.481 e. The van der Waals surface area contributed by atoms with Crippen molar-refractivity contribution in [1.29, 1.82) is 0 Å². The number of carboxylic acids is 1. The molecule has 120 valence electrons. The number of rotatable bonds is 5. The van der Waals surface area contributed by atoms with Gasteiger partial charge in [-0.05, 0) is 32.7 Å². The van der Waals surface area contributed by atoms with Crippen LogP contribution in [0.1, 0.15) is 38.5 Å². The third-order valence-corrected chi connectivity index (χ3v) is 4.70. The van der Waals surface area contributed by atoms with Crippen LogP contribution in [0, 0.1) is 5.92 Å². The molecule has 1 saturated heterocycles. The van der Waals surface area contributed by atoms with E-state index in [1.54, 1.807) is 4.90 Å². The number of hydrogen-bond acceptors (Lipinski definition) is 4. The van der Waals surface area contributed by atoms with E-state index in [1.807, 2.05) is 11.9 Å². The van der Waals surface area contributed by atoms with Gasteiger partial charge < -0.3 is 15.1 Å². The highest BCUT2D eigenvalue weighted by molar-refractivity contribution is 5.79. The number of likely N-dealkylation sites (tertiary alicyclic amines) is 1. The lowest BCUT2D eigenvalue weighted by molar-refractivity contribution is -0.146. The molecule has 0 aromatic carbocycles. The van der Waals surface area contributed by atoms with E-state index in [4.69, 9.17) is 5.11 Å². The zero-order chi connectivity index (χ0) is 15.5. The second kappa shape index (κ2) is 6.75. The maximum atomic E-state index is 12.2. The molecule has 6 nitrogen and oxygen atoms in total. The van der Waals surface area contributed by atoms with E-state index in [2.05, 4.69) is 0 Å². The van der Waals surface area contributed by atoms with Crippen LogP contribution in [-0.4, -0.2) is 70.7 Å². The van der Waals surface area contributed by atoms with E-state index < -0.39 is 11.6 Å². The van der Waals surface area contributed by atoms with E-state index in [9.17, 15) is 14.7 Å². The second-order valence-electron chi connectivity index (χ2n) is 6.60. The number of aliphatic carboxylic acids is 1.